The van der Waals surface area contributed by atoms with E-state index in [-0.39, 0.29) is 18.6 Å². The Hall–Kier alpha value is -2.36. The lowest BCUT2D eigenvalue weighted by Crippen LogP contribution is -2.31. The van der Waals surface area contributed by atoms with Gasteiger partial charge in [0.2, 0.25) is 0 Å². The summed E-state index contributed by atoms with van der Waals surface area (Å²) in [6, 6.07) is 11.3. The molecule has 2 aromatic rings. The first-order valence-corrected chi connectivity index (χ1v) is 6.54. The lowest BCUT2D eigenvalue weighted by molar-refractivity contribution is -0.123. The van der Waals surface area contributed by atoms with Crippen molar-refractivity contribution in [3.05, 3.63) is 59.9 Å². The Bertz CT molecular complexity index is 570. The van der Waals surface area contributed by atoms with Crippen molar-refractivity contribution < 1.29 is 9.53 Å². The summed E-state index contributed by atoms with van der Waals surface area (Å²) in [5.74, 6) is 0.553. The van der Waals surface area contributed by atoms with Gasteiger partial charge in [0, 0.05) is 12.4 Å². The van der Waals surface area contributed by atoms with Gasteiger partial charge in [-0.2, -0.15) is 0 Å². The van der Waals surface area contributed by atoms with Gasteiger partial charge in [0.05, 0.1) is 6.04 Å². The van der Waals surface area contributed by atoms with E-state index in [2.05, 4.69) is 10.3 Å². The van der Waals surface area contributed by atoms with Gasteiger partial charge in [0.15, 0.2) is 6.61 Å². The van der Waals surface area contributed by atoms with E-state index in [1.807, 2.05) is 50.2 Å². The molecule has 0 aliphatic rings. The van der Waals surface area contributed by atoms with Crippen LogP contribution in [0.1, 0.15) is 24.1 Å². The van der Waals surface area contributed by atoms with Crippen LogP contribution in [0.3, 0.4) is 0 Å². The van der Waals surface area contributed by atoms with Gasteiger partial charge in [0.25, 0.3) is 5.91 Å². The molecule has 20 heavy (non-hydrogen) atoms. The maximum atomic E-state index is 11.8. The average Bonchev–Trinajstić information content (AvgIpc) is 2.46. The van der Waals surface area contributed by atoms with Gasteiger partial charge in [-0.15, -0.1) is 0 Å². The Morgan fingerprint density at radius 2 is 2.20 bits per heavy atom. The largest absolute Gasteiger partial charge is 0.484 e. The Kier molecular flexibility index (Phi) is 4.71. The fourth-order valence-corrected chi connectivity index (χ4v) is 1.85. The van der Waals surface area contributed by atoms with Crippen LogP contribution in [0.4, 0.5) is 0 Å². The fraction of sp³-hybridized carbons (Fsp3) is 0.250. The summed E-state index contributed by atoms with van der Waals surface area (Å²) in [4.78, 5) is 15.9. The van der Waals surface area contributed by atoms with Gasteiger partial charge in [-0.25, -0.2) is 0 Å². The van der Waals surface area contributed by atoms with E-state index in [9.17, 15) is 4.79 Å². The van der Waals surface area contributed by atoms with Crippen molar-refractivity contribution >= 4 is 5.91 Å². The molecule has 1 N–H and O–H groups in total. The Morgan fingerprint density at radius 3 is 2.90 bits per heavy atom. The molecule has 0 aliphatic carbocycles. The average molecular weight is 270 g/mol. The van der Waals surface area contributed by atoms with Crippen LogP contribution in [-0.4, -0.2) is 17.5 Å². The summed E-state index contributed by atoms with van der Waals surface area (Å²) in [6.45, 7) is 3.91. The van der Waals surface area contributed by atoms with Crippen molar-refractivity contribution in [2.45, 2.75) is 19.9 Å². The van der Waals surface area contributed by atoms with Crippen LogP contribution in [0.15, 0.2) is 48.8 Å². The van der Waals surface area contributed by atoms with Crippen molar-refractivity contribution in [3.8, 4) is 5.75 Å². The van der Waals surface area contributed by atoms with Crippen molar-refractivity contribution in [2.75, 3.05) is 6.61 Å². The summed E-state index contributed by atoms with van der Waals surface area (Å²) >= 11 is 0. The summed E-state index contributed by atoms with van der Waals surface area (Å²) in [5.41, 5.74) is 2.07. The van der Waals surface area contributed by atoms with Gasteiger partial charge >= 0.3 is 0 Å². The number of carbonyl (C=O) groups excluding carboxylic acids is 1. The molecule has 1 heterocycles. The molecule has 4 heteroatoms. The van der Waals surface area contributed by atoms with Crippen molar-refractivity contribution in [1.82, 2.24) is 10.3 Å². The zero-order chi connectivity index (χ0) is 14.4. The minimum Gasteiger partial charge on any atom is -0.484 e. The number of hydrogen-bond acceptors (Lipinski definition) is 3. The van der Waals surface area contributed by atoms with Gasteiger partial charge in [-0.05, 0) is 43.2 Å². The highest BCUT2D eigenvalue weighted by Crippen LogP contribution is 2.13. The maximum Gasteiger partial charge on any atom is 0.258 e. The Balaban J connectivity index is 1.84. The van der Waals surface area contributed by atoms with Gasteiger partial charge < -0.3 is 10.1 Å². The summed E-state index contributed by atoms with van der Waals surface area (Å²) in [5, 5.41) is 2.88. The predicted octanol–water partition coefficient (Wildman–Crippen LogP) is 2.65. The van der Waals surface area contributed by atoms with E-state index in [1.54, 1.807) is 12.4 Å². The lowest BCUT2D eigenvalue weighted by atomic mass is 10.1. The number of rotatable bonds is 5. The molecule has 0 radical (unpaired) electrons. The van der Waals surface area contributed by atoms with Crippen LogP contribution in [0.2, 0.25) is 0 Å². The maximum absolute atomic E-state index is 11.8. The summed E-state index contributed by atoms with van der Waals surface area (Å²) in [6.07, 6.45) is 3.45. The number of amides is 1. The summed E-state index contributed by atoms with van der Waals surface area (Å²) in [7, 11) is 0. The number of carbonyl (C=O) groups is 1. The first kappa shape index (κ1) is 14.1. The predicted molar refractivity (Wildman–Crippen MR) is 77.5 cm³/mol. The standard InChI is InChI=1S/C16H18N2O2/c1-12-5-3-7-15(9-12)20-11-16(19)18-13(2)14-6-4-8-17-10-14/h3-10,13H,11H2,1-2H3,(H,18,19). The number of benzene rings is 1. The van der Waals surface area contributed by atoms with Crippen LogP contribution in [0.25, 0.3) is 0 Å². The zero-order valence-electron chi connectivity index (χ0n) is 11.7. The molecule has 1 atom stereocenters. The number of aryl methyl sites for hydroxylation is 1. The molecule has 0 aliphatic heterocycles. The van der Waals surface area contributed by atoms with E-state index in [0.717, 1.165) is 11.1 Å². The SMILES string of the molecule is Cc1cccc(OCC(=O)NC(C)c2cccnc2)c1. The van der Waals surface area contributed by atoms with Crippen LogP contribution >= 0.6 is 0 Å². The molecule has 0 saturated heterocycles. The Labute approximate surface area is 118 Å². The molecule has 4 nitrogen and oxygen atoms in total. The molecule has 0 bridgehead atoms. The van der Waals surface area contributed by atoms with Crippen LogP contribution in [0, 0.1) is 6.92 Å². The van der Waals surface area contributed by atoms with Crippen molar-refractivity contribution in [1.29, 1.82) is 0 Å². The Morgan fingerprint density at radius 1 is 1.35 bits per heavy atom. The molecular weight excluding hydrogens is 252 g/mol. The second-order valence-corrected chi connectivity index (χ2v) is 4.68. The minimum absolute atomic E-state index is 0.00799. The van der Waals surface area contributed by atoms with Gasteiger partial charge in [-0.3, -0.25) is 9.78 Å². The van der Waals surface area contributed by atoms with Crippen molar-refractivity contribution in [2.24, 2.45) is 0 Å². The fourth-order valence-electron chi connectivity index (χ4n) is 1.85. The molecule has 1 amide bonds. The quantitative estimate of drug-likeness (QED) is 0.908. The van der Waals surface area contributed by atoms with Crippen LogP contribution < -0.4 is 10.1 Å². The number of pyridine rings is 1. The first-order valence-electron chi connectivity index (χ1n) is 6.54. The summed E-state index contributed by atoms with van der Waals surface area (Å²) < 4.78 is 5.46. The second kappa shape index (κ2) is 6.70. The number of nitrogens with one attached hydrogen (secondary N) is 1. The molecular formula is C16H18N2O2. The minimum atomic E-state index is -0.150. The monoisotopic (exact) mass is 270 g/mol. The normalized spacial score (nSPS) is 11.7. The van der Waals surface area contributed by atoms with E-state index in [1.165, 1.54) is 0 Å². The number of hydrogen-bond donors (Lipinski definition) is 1. The highest BCUT2D eigenvalue weighted by atomic mass is 16.5. The van der Waals surface area contributed by atoms with E-state index < -0.39 is 0 Å². The highest BCUT2D eigenvalue weighted by molar-refractivity contribution is 5.78. The second-order valence-electron chi connectivity index (χ2n) is 4.68. The van der Waals surface area contributed by atoms with E-state index in [4.69, 9.17) is 4.74 Å². The molecule has 0 fully saturated rings. The van der Waals surface area contributed by atoms with Gasteiger partial charge in [0.1, 0.15) is 5.75 Å². The highest BCUT2D eigenvalue weighted by Gasteiger charge is 2.10. The zero-order valence-corrected chi connectivity index (χ0v) is 11.7. The van der Waals surface area contributed by atoms with E-state index in [0.29, 0.717) is 5.75 Å². The number of ether oxygens (including phenoxy) is 1. The lowest BCUT2D eigenvalue weighted by Gasteiger charge is -2.14. The third kappa shape index (κ3) is 4.09. The molecule has 1 aromatic heterocycles. The number of aromatic nitrogens is 1. The molecule has 0 saturated carbocycles. The third-order valence-electron chi connectivity index (χ3n) is 2.92. The van der Waals surface area contributed by atoms with Gasteiger partial charge in [-0.1, -0.05) is 18.2 Å². The molecule has 104 valence electrons. The molecule has 2 rings (SSSR count). The molecule has 1 aromatic carbocycles. The van der Waals surface area contributed by atoms with Crippen LogP contribution in [0.5, 0.6) is 5.75 Å². The first-order chi connectivity index (χ1) is 9.65. The molecule has 1 unspecified atom stereocenters. The van der Waals surface area contributed by atoms with Crippen LogP contribution in [-0.2, 0) is 4.79 Å². The van der Waals surface area contributed by atoms with Crippen molar-refractivity contribution in [3.63, 3.8) is 0 Å². The molecule has 0 spiro atoms. The van der Waals surface area contributed by atoms with E-state index >= 15 is 0 Å². The third-order valence-corrected chi connectivity index (χ3v) is 2.92. The smallest absolute Gasteiger partial charge is 0.258 e. The number of nitrogens with zero attached hydrogens (tertiary/aromatic N) is 1. The topological polar surface area (TPSA) is 51.2 Å².